The van der Waals surface area contributed by atoms with Crippen LogP contribution in [0.15, 0.2) is 41.7 Å². The van der Waals surface area contributed by atoms with Crippen molar-refractivity contribution in [2.75, 3.05) is 48.3 Å². The van der Waals surface area contributed by atoms with Crippen molar-refractivity contribution in [3.8, 4) is 0 Å². The van der Waals surface area contributed by atoms with E-state index in [0.29, 0.717) is 49.9 Å². The van der Waals surface area contributed by atoms with Gasteiger partial charge in [-0.05, 0) is 24.6 Å². The third-order valence-corrected chi connectivity index (χ3v) is 7.06. The van der Waals surface area contributed by atoms with E-state index in [1.807, 2.05) is 0 Å². The summed E-state index contributed by atoms with van der Waals surface area (Å²) >= 11 is 6.01. The first-order chi connectivity index (χ1) is 13.5. The summed E-state index contributed by atoms with van der Waals surface area (Å²) in [5, 5.41) is 0.342. The third kappa shape index (κ3) is 3.64. The molecule has 28 heavy (non-hydrogen) atoms. The highest BCUT2D eigenvalue weighted by Crippen LogP contribution is 2.33. The fourth-order valence-corrected chi connectivity index (χ4v) is 5.32. The predicted molar refractivity (Wildman–Crippen MR) is 107 cm³/mol. The van der Waals surface area contributed by atoms with Crippen molar-refractivity contribution in [2.24, 2.45) is 0 Å². The number of sulfone groups is 1. The number of fused-ring (bicyclic) bond motifs is 1. The Kier molecular flexibility index (Phi) is 5.11. The van der Waals surface area contributed by atoms with E-state index in [1.54, 1.807) is 40.5 Å². The molecule has 0 aliphatic carbocycles. The zero-order valence-corrected chi connectivity index (χ0v) is 16.7. The standard InChI is InChI=1S/C18H20ClN5O3S/c19-14-2-3-15-16(12-14)28(26,27)11-1-6-24(15)18(25)23-9-7-22(8-10-23)17-13-20-4-5-21-17/h2-5,12-13H,1,6-11H2. The average Bonchev–Trinajstić information content (AvgIpc) is 2.84. The van der Waals surface area contributed by atoms with E-state index in [4.69, 9.17) is 11.6 Å². The van der Waals surface area contributed by atoms with Crippen LogP contribution < -0.4 is 9.80 Å². The number of amides is 2. The molecule has 0 saturated carbocycles. The molecule has 3 heterocycles. The highest BCUT2D eigenvalue weighted by Gasteiger charge is 2.32. The number of halogens is 1. The molecular weight excluding hydrogens is 402 g/mol. The minimum absolute atomic E-state index is 0.00454. The second-order valence-corrected chi connectivity index (χ2v) is 9.27. The minimum atomic E-state index is -3.46. The lowest BCUT2D eigenvalue weighted by Crippen LogP contribution is -2.53. The molecule has 1 saturated heterocycles. The number of carbonyl (C=O) groups is 1. The molecule has 8 nitrogen and oxygen atoms in total. The van der Waals surface area contributed by atoms with Gasteiger partial charge in [-0.2, -0.15) is 0 Å². The van der Waals surface area contributed by atoms with Crippen LogP contribution in [0.5, 0.6) is 0 Å². The SMILES string of the molecule is O=C(N1CCN(c2cnccn2)CC1)N1CCCS(=O)(=O)c2cc(Cl)ccc21. The molecule has 1 aromatic heterocycles. The van der Waals surface area contributed by atoms with Gasteiger partial charge < -0.3 is 9.80 Å². The van der Waals surface area contributed by atoms with Crippen LogP contribution in [0.2, 0.25) is 5.02 Å². The van der Waals surface area contributed by atoms with Crippen LogP contribution in [0.1, 0.15) is 6.42 Å². The normalized spacial score (nSPS) is 19.1. The van der Waals surface area contributed by atoms with E-state index in [-0.39, 0.29) is 16.7 Å². The van der Waals surface area contributed by atoms with Crippen LogP contribution in [0.4, 0.5) is 16.3 Å². The molecule has 2 aliphatic rings. The number of urea groups is 1. The molecule has 0 radical (unpaired) electrons. The lowest BCUT2D eigenvalue weighted by atomic mass is 10.2. The van der Waals surface area contributed by atoms with Crippen LogP contribution in [0.25, 0.3) is 0 Å². The molecule has 0 unspecified atom stereocenters. The van der Waals surface area contributed by atoms with Gasteiger partial charge in [-0.3, -0.25) is 9.88 Å². The van der Waals surface area contributed by atoms with E-state index in [9.17, 15) is 13.2 Å². The van der Waals surface area contributed by atoms with Crippen molar-refractivity contribution >= 4 is 39.0 Å². The van der Waals surface area contributed by atoms with E-state index < -0.39 is 9.84 Å². The Balaban J connectivity index is 1.54. The van der Waals surface area contributed by atoms with Gasteiger partial charge >= 0.3 is 6.03 Å². The number of carbonyl (C=O) groups excluding carboxylic acids is 1. The molecule has 0 N–H and O–H groups in total. The highest BCUT2D eigenvalue weighted by molar-refractivity contribution is 7.91. The summed E-state index contributed by atoms with van der Waals surface area (Å²) in [6.07, 6.45) is 5.37. The minimum Gasteiger partial charge on any atom is -0.352 e. The smallest absolute Gasteiger partial charge is 0.324 e. The topological polar surface area (TPSA) is 86.7 Å². The van der Waals surface area contributed by atoms with Crippen molar-refractivity contribution in [1.29, 1.82) is 0 Å². The summed E-state index contributed by atoms with van der Waals surface area (Å²) < 4.78 is 25.1. The van der Waals surface area contributed by atoms with Crippen LogP contribution >= 0.6 is 11.6 Å². The number of anilines is 2. The Morgan fingerprint density at radius 3 is 2.57 bits per heavy atom. The summed E-state index contributed by atoms with van der Waals surface area (Å²) in [4.78, 5) is 27.1. The molecule has 10 heteroatoms. The van der Waals surface area contributed by atoms with Crippen molar-refractivity contribution in [3.05, 3.63) is 41.8 Å². The molecular formula is C18H20ClN5O3S. The summed E-state index contributed by atoms with van der Waals surface area (Å²) in [6, 6.07) is 4.49. The second kappa shape index (κ2) is 7.56. The number of piperazine rings is 1. The van der Waals surface area contributed by atoms with Crippen molar-refractivity contribution in [1.82, 2.24) is 14.9 Å². The van der Waals surface area contributed by atoms with Gasteiger partial charge in [0.2, 0.25) is 0 Å². The van der Waals surface area contributed by atoms with Crippen LogP contribution in [-0.4, -0.2) is 67.8 Å². The summed E-state index contributed by atoms with van der Waals surface area (Å²) in [5.74, 6) is 0.792. The van der Waals surface area contributed by atoms with Crippen molar-refractivity contribution in [2.45, 2.75) is 11.3 Å². The monoisotopic (exact) mass is 421 g/mol. The molecule has 4 rings (SSSR count). The van der Waals surface area contributed by atoms with Gasteiger partial charge in [-0.15, -0.1) is 0 Å². The number of aromatic nitrogens is 2. The quantitative estimate of drug-likeness (QED) is 0.700. The number of benzene rings is 1. The van der Waals surface area contributed by atoms with E-state index in [2.05, 4.69) is 14.9 Å². The Morgan fingerprint density at radius 1 is 1.07 bits per heavy atom. The van der Waals surface area contributed by atoms with Gasteiger partial charge in [0.15, 0.2) is 9.84 Å². The number of rotatable bonds is 1. The van der Waals surface area contributed by atoms with Gasteiger partial charge in [-0.25, -0.2) is 18.2 Å². The number of hydrogen-bond donors (Lipinski definition) is 0. The Bertz CT molecular complexity index is 978. The first kappa shape index (κ1) is 18.9. The van der Waals surface area contributed by atoms with Crippen molar-refractivity contribution < 1.29 is 13.2 Å². The molecule has 1 aromatic carbocycles. The maximum atomic E-state index is 13.2. The van der Waals surface area contributed by atoms with E-state index >= 15 is 0 Å². The lowest BCUT2D eigenvalue weighted by molar-refractivity contribution is 0.201. The summed E-state index contributed by atoms with van der Waals surface area (Å²) in [7, 11) is -3.46. The van der Waals surface area contributed by atoms with Gasteiger partial charge in [0, 0.05) is 50.1 Å². The Labute approximate surface area is 168 Å². The Hall–Kier alpha value is -2.39. The van der Waals surface area contributed by atoms with E-state index in [1.165, 1.54) is 6.07 Å². The van der Waals surface area contributed by atoms with E-state index in [0.717, 1.165) is 5.82 Å². The largest absolute Gasteiger partial charge is 0.352 e. The Morgan fingerprint density at radius 2 is 1.86 bits per heavy atom. The fraction of sp³-hybridized carbons (Fsp3) is 0.389. The first-order valence-corrected chi connectivity index (χ1v) is 11.1. The number of nitrogens with zero attached hydrogens (tertiary/aromatic N) is 5. The zero-order chi connectivity index (χ0) is 19.7. The summed E-state index contributed by atoms with van der Waals surface area (Å²) in [5.41, 5.74) is 0.406. The van der Waals surface area contributed by atoms with Crippen molar-refractivity contribution in [3.63, 3.8) is 0 Å². The van der Waals surface area contributed by atoms with Gasteiger partial charge in [0.25, 0.3) is 0 Å². The second-order valence-electron chi connectivity index (χ2n) is 6.76. The zero-order valence-electron chi connectivity index (χ0n) is 15.2. The molecule has 2 aliphatic heterocycles. The molecule has 0 bridgehead atoms. The van der Waals surface area contributed by atoms with Gasteiger partial charge in [0.05, 0.1) is 22.5 Å². The maximum absolute atomic E-state index is 13.2. The molecule has 2 amide bonds. The molecule has 148 valence electrons. The third-order valence-electron chi connectivity index (χ3n) is 5.00. The molecule has 0 atom stereocenters. The highest BCUT2D eigenvalue weighted by atomic mass is 35.5. The summed E-state index contributed by atoms with van der Waals surface area (Å²) in [6.45, 7) is 2.70. The maximum Gasteiger partial charge on any atom is 0.324 e. The lowest BCUT2D eigenvalue weighted by Gasteiger charge is -2.37. The number of hydrogen-bond acceptors (Lipinski definition) is 6. The predicted octanol–water partition coefficient (Wildman–Crippen LogP) is 2.06. The molecule has 2 aromatic rings. The van der Waals surface area contributed by atoms with Crippen LogP contribution in [0.3, 0.4) is 0 Å². The van der Waals surface area contributed by atoms with Gasteiger partial charge in [0.1, 0.15) is 5.82 Å². The van der Waals surface area contributed by atoms with Crippen LogP contribution in [0, 0.1) is 0 Å². The molecule has 0 spiro atoms. The molecule has 1 fully saturated rings. The van der Waals surface area contributed by atoms with Crippen LogP contribution in [-0.2, 0) is 9.84 Å². The fourth-order valence-electron chi connectivity index (χ4n) is 3.55. The van der Waals surface area contributed by atoms with Gasteiger partial charge in [-0.1, -0.05) is 11.6 Å². The average molecular weight is 422 g/mol. The first-order valence-electron chi connectivity index (χ1n) is 9.05.